The first-order valence-corrected chi connectivity index (χ1v) is 3.85. The van der Waals surface area contributed by atoms with Crippen LogP contribution in [0.5, 0.6) is 5.75 Å². The molecule has 0 atom stereocenters. The summed E-state index contributed by atoms with van der Waals surface area (Å²) >= 11 is 0. The lowest BCUT2D eigenvalue weighted by Gasteiger charge is -1.93. The first kappa shape index (κ1) is 7.79. The lowest BCUT2D eigenvalue weighted by atomic mass is 10.2. The summed E-state index contributed by atoms with van der Waals surface area (Å²) in [5, 5.41) is 12.7. The molecule has 0 radical (unpaired) electrons. The summed E-state index contributed by atoms with van der Waals surface area (Å²) in [6.45, 7) is 1.76. The molecule has 4 heteroatoms. The average Bonchev–Trinajstić information content (AvgIpc) is 2.53. The van der Waals surface area contributed by atoms with E-state index in [1.807, 2.05) is 0 Å². The van der Waals surface area contributed by atoms with Gasteiger partial charge < -0.3 is 9.63 Å². The maximum atomic E-state index is 9.04. The van der Waals surface area contributed by atoms with Crippen molar-refractivity contribution in [2.24, 2.45) is 0 Å². The Labute approximate surface area is 74.8 Å². The second-order valence-corrected chi connectivity index (χ2v) is 2.69. The topological polar surface area (TPSA) is 59.2 Å². The van der Waals surface area contributed by atoms with Gasteiger partial charge >= 0.3 is 0 Å². The van der Waals surface area contributed by atoms with Crippen LogP contribution in [-0.2, 0) is 0 Å². The van der Waals surface area contributed by atoms with Crippen molar-refractivity contribution < 1.29 is 9.63 Å². The lowest BCUT2D eigenvalue weighted by Crippen LogP contribution is -1.76. The monoisotopic (exact) mass is 176 g/mol. The Morgan fingerprint density at radius 1 is 1.23 bits per heavy atom. The molecule has 0 aliphatic heterocycles. The van der Waals surface area contributed by atoms with E-state index >= 15 is 0 Å². The van der Waals surface area contributed by atoms with Gasteiger partial charge in [-0.25, -0.2) is 0 Å². The molecule has 1 aromatic carbocycles. The molecule has 0 aliphatic carbocycles. The summed E-state index contributed by atoms with van der Waals surface area (Å²) in [6, 6.07) is 6.61. The highest BCUT2D eigenvalue weighted by Gasteiger charge is 2.04. The Hall–Kier alpha value is -1.84. The number of phenolic OH excluding ortho intramolecular Hbond substituents is 1. The van der Waals surface area contributed by atoms with E-state index in [0.717, 1.165) is 5.56 Å². The zero-order valence-corrected chi connectivity index (χ0v) is 7.06. The molecule has 0 fully saturated rings. The van der Waals surface area contributed by atoms with Crippen molar-refractivity contribution in [1.29, 1.82) is 0 Å². The van der Waals surface area contributed by atoms with Crippen LogP contribution in [0.2, 0.25) is 0 Å². The van der Waals surface area contributed by atoms with Gasteiger partial charge in [0.05, 0.1) is 0 Å². The fraction of sp³-hybridized carbons (Fsp3) is 0.111. The third-order valence-corrected chi connectivity index (χ3v) is 1.64. The van der Waals surface area contributed by atoms with E-state index < -0.39 is 0 Å². The van der Waals surface area contributed by atoms with E-state index in [1.54, 1.807) is 31.2 Å². The minimum absolute atomic E-state index is 0.222. The average molecular weight is 176 g/mol. The summed E-state index contributed by atoms with van der Waals surface area (Å²) < 4.78 is 4.95. The molecule has 0 unspecified atom stereocenters. The first-order valence-electron chi connectivity index (χ1n) is 3.85. The number of aromatic nitrogens is 2. The van der Waals surface area contributed by atoms with E-state index in [4.69, 9.17) is 9.63 Å². The number of rotatable bonds is 1. The van der Waals surface area contributed by atoms with Crippen molar-refractivity contribution in [1.82, 2.24) is 10.1 Å². The van der Waals surface area contributed by atoms with Crippen LogP contribution in [0.4, 0.5) is 0 Å². The molecular weight excluding hydrogens is 168 g/mol. The predicted molar refractivity (Wildman–Crippen MR) is 46.1 cm³/mol. The second-order valence-electron chi connectivity index (χ2n) is 2.69. The van der Waals surface area contributed by atoms with Gasteiger partial charge in [0.15, 0.2) is 5.82 Å². The molecule has 1 heterocycles. The van der Waals surface area contributed by atoms with Crippen molar-refractivity contribution in [3.63, 3.8) is 0 Å². The Morgan fingerprint density at radius 3 is 2.46 bits per heavy atom. The van der Waals surface area contributed by atoms with Gasteiger partial charge in [0, 0.05) is 5.56 Å². The molecule has 13 heavy (non-hydrogen) atoms. The van der Waals surface area contributed by atoms with E-state index in [-0.39, 0.29) is 5.75 Å². The maximum absolute atomic E-state index is 9.04. The number of aryl methyl sites for hydroxylation is 1. The highest BCUT2D eigenvalue weighted by atomic mass is 16.5. The minimum atomic E-state index is 0.222. The van der Waals surface area contributed by atoms with Crippen LogP contribution < -0.4 is 0 Å². The van der Waals surface area contributed by atoms with Gasteiger partial charge in [-0.2, -0.15) is 4.98 Å². The van der Waals surface area contributed by atoms with Gasteiger partial charge in [-0.15, -0.1) is 0 Å². The standard InChI is InChI=1S/C9H8N2O2/c1-6-10-9(13-11-6)7-2-4-8(12)5-3-7/h2-5,12H,1H3. The van der Waals surface area contributed by atoms with Crippen LogP contribution in [0, 0.1) is 6.92 Å². The number of hydrogen-bond acceptors (Lipinski definition) is 4. The van der Waals surface area contributed by atoms with Gasteiger partial charge in [-0.05, 0) is 31.2 Å². The largest absolute Gasteiger partial charge is 0.508 e. The first-order chi connectivity index (χ1) is 6.25. The molecule has 0 amide bonds. The molecule has 0 saturated carbocycles. The van der Waals surface area contributed by atoms with Crippen LogP contribution in [0.15, 0.2) is 28.8 Å². The summed E-state index contributed by atoms with van der Waals surface area (Å²) in [7, 11) is 0. The highest BCUT2D eigenvalue weighted by molar-refractivity contribution is 5.53. The van der Waals surface area contributed by atoms with Gasteiger partial charge in [-0.1, -0.05) is 5.16 Å². The zero-order valence-electron chi connectivity index (χ0n) is 7.06. The zero-order chi connectivity index (χ0) is 9.26. The van der Waals surface area contributed by atoms with Crippen molar-refractivity contribution in [3.8, 4) is 17.2 Å². The molecule has 4 nitrogen and oxygen atoms in total. The summed E-state index contributed by atoms with van der Waals surface area (Å²) in [4.78, 5) is 4.05. The summed E-state index contributed by atoms with van der Waals surface area (Å²) in [5.74, 6) is 1.29. The SMILES string of the molecule is Cc1noc(-c2ccc(O)cc2)n1. The van der Waals surface area contributed by atoms with Crippen molar-refractivity contribution >= 4 is 0 Å². The second kappa shape index (κ2) is 2.90. The Bertz CT molecular complexity index is 406. The molecule has 2 rings (SSSR count). The van der Waals surface area contributed by atoms with E-state index in [9.17, 15) is 0 Å². The van der Waals surface area contributed by atoms with Crippen LogP contribution in [0.3, 0.4) is 0 Å². The van der Waals surface area contributed by atoms with E-state index in [2.05, 4.69) is 10.1 Å². The van der Waals surface area contributed by atoms with E-state index in [0.29, 0.717) is 11.7 Å². The highest BCUT2D eigenvalue weighted by Crippen LogP contribution is 2.19. The summed E-state index contributed by atoms with van der Waals surface area (Å²) in [6.07, 6.45) is 0. The predicted octanol–water partition coefficient (Wildman–Crippen LogP) is 1.75. The molecular formula is C9H8N2O2. The van der Waals surface area contributed by atoms with Crippen molar-refractivity contribution in [2.75, 3.05) is 0 Å². The molecule has 0 spiro atoms. The molecule has 1 N–H and O–H groups in total. The molecule has 2 aromatic rings. The lowest BCUT2D eigenvalue weighted by molar-refractivity contribution is 0.425. The molecule has 66 valence electrons. The van der Waals surface area contributed by atoms with Crippen LogP contribution in [0.1, 0.15) is 5.82 Å². The Kier molecular flexibility index (Phi) is 1.73. The quantitative estimate of drug-likeness (QED) is 0.719. The van der Waals surface area contributed by atoms with Gasteiger partial charge in [-0.3, -0.25) is 0 Å². The minimum Gasteiger partial charge on any atom is -0.508 e. The number of benzene rings is 1. The fourth-order valence-electron chi connectivity index (χ4n) is 1.02. The molecule has 0 saturated heterocycles. The smallest absolute Gasteiger partial charge is 0.257 e. The fourth-order valence-corrected chi connectivity index (χ4v) is 1.02. The summed E-state index contributed by atoms with van der Waals surface area (Å²) in [5.41, 5.74) is 0.804. The number of hydrogen-bond donors (Lipinski definition) is 1. The van der Waals surface area contributed by atoms with E-state index in [1.165, 1.54) is 0 Å². The van der Waals surface area contributed by atoms with Gasteiger partial charge in [0.25, 0.3) is 5.89 Å². The number of phenols is 1. The maximum Gasteiger partial charge on any atom is 0.257 e. The van der Waals surface area contributed by atoms with Crippen LogP contribution >= 0.6 is 0 Å². The Balaban J connectivity index is 2.41. The normalized spacial score (nSPS) is 10.2. The Morgan fingerprint density at radius 2 is 1.92 bits per heavy atom. The number of nitrogens with zero attached hydrogens (tertiary/aromatic N) is 2. The number of aromatic hydroxyl groups is 1. The third kappa shape index (κ3) is 1.51. The molecule has 1 aromatic heterocycles. The van der Waals surface area contributed by atoms with Gasteiger partial charge in [0.1, 0.15) is 5.75 Å². The van der Waals surface area contributed by atoms with Crippen molar-refractivity contribution in [3.05, 3.63) is 30.1 Å². The van der Waals surface area contributed by atoms with Crippen LogP contribution in [-0.4, -0.2) is 15.2 Å². The molecule has 0 aliphatic rings. The molecule has 0 bridgehead atoms. The third-order valence-electron chi connectivity index (χ3n) is 1.64. The van der Waals surface area contributed by atoms with Gasteiger partial charge in [0.2, 0.25) is 0 Å². The van der Waals surface area contributed by atoms with Crippen LogP contribution in [0.25, 0.3) is 11.5 Å². The van der Waals surface area contributed by atoms with Crippen molar-refractivity contribution in [2.45, 2.75) is 6.92 Å².